The van der Waals surface area contributed by atoms with Gasteiger partial charge in [0.1, 0.15) is 0 Å². The van der Waals surface area contributed by atoms with Crippen LogP contribution in [0.15, 0.2) is 0 Å². The molecule has 0 amide bonds. The van der Waals surface area contributed by atoms with Crippen molar-refractivity contribution < 1.29 is 0 Å². The quantitative estimate of drug-likeness (QED) is 0.632. The van der Waals surface area contributed by atoms with E-state index in [-0.39, 0.29) is 29.5 Å². The van der Waals surface area contributed by atoms with Crippen LogP contribution < -0.4 is 5.73 Å². The first kappa shape index (κ1) is 9.65. The molecular weight excluding hydrogens is 227 g/mol. The molecule has 1 aliphatic heterocycles. The molecule has 0 aromatic heterocycles. The van der Waals surface area contributed by atoms with Crippen LogP contribution in [0.2, 0.25) is 0 Å². The third kappa shape index (κ3) is 1.38. The van der Waals surface area contributed by atoms with Crippen molar-refractivity contribution in [2.24, 2.45) is 5.73 Å². The lowest BCUT2D eigenvalue weighted by atomic mass is 9.85. The molecule has 9 heavy (non-hydrogen) atoms. The van der Waals surface area contributed by atoms with Crippen LogP contribution in [0.1, 0.15) is 13.8 Å². The Labute approximate surface area is 73.8 Å². The highest BCUT2D eigenvalue weighted by Crippen LogP contribution is 2.25. The lowest BCUT2D eigenvalue weighted by molar-refractivity contribution is 0.0164. The van der Waals surface area contributed by atoms with Gasteiger partial charge in [-0.2, -0.15) is 0 Å². The van der Waals surface area contributed by atoms with Gasteiger partial charge in [-0.15, -0.1) is 24.0 Å². The summed E-state index contributed by atoms with van der Waals surface area (Å²) in [5.41, 5.74) is 5.96. The fourth-order valence-electron chi connectivity index (χ4n) is 0.924. The molecule has 0 aromatic rings. The summed E-state index contributed by atoms with van der Waals surface area (Å²) < 4.78 is 0. The van der Waals surface area contributed by atoms with Crippen molar-refractivity contribution in [1.29, 1.82) is 0 Å². The summed E-state index contributed by atoms with van der Waals surface area (Å²) in [6, 6.07) is 0.382. The Bertz CT molecular complexity index is 93.2. The lowest BCUT2D eigenvalue weighted by Crippen LogP contribution is -2.69. The first-order valence-corrected chi connectivity index (χ1v) is 3.02. The maximum absolute atomic E-state index is 5.70. The van der Waals surface area contributed by atoms with Gasteiger partial charge < -0.3 is 5.73 Å². The Morgan fingerprint density at radius 3 is 2.00 bits per heavy atom. The predicted octanol–water partition coefficient (Wildman–Crippen LogP) is 0.656. The summed E-state index contributed by atoms with van der Waals surface area (Å²) in [4.78, 5) is 2.26. The Balaban J connectivity index is 0.000000640. The number of nitrogens with zero attached hydrogens (tertiary/aromatic N) is 1. The van der Waals surface area contributed by atoms with Gasteiger partial charge in [-0.1, -0.05) is 0 Å². The average molecular weight is 242 g/mol. The molecule has 1 saturated heterocycles. The van der Waals surface area contributed by atoms with Crippen molar-refractivity contribution in [3.8, 4) is 0 Å². The molecule has 0 radical (unpaired) electrons. The molecule has 0 spiro atoms. The molecule has 0 saturated carbocycles. The highest BCUT2D eigenvalue weighted by molar-refractivity contribution is 14.0. The van der Waals surface area contributed by atoms with Crippen LogP contribution in [0, 0.1) is 0 Å². The van der Waals surface area contributed by atoms with Crippen LogP contribution in [-0.4, -0.2) is 30.1 Å². The van der Waals surface area contributed by atoms with Gasteiger partial charge in [-0.05, 0) is 20.9 Å². The first-order chi connectivity index (χ1) is 3.55. The monoisotopic (exact) mass is 242 g/mol. The SMILES string of the molecule is CN1CC(N)C1(C)C.I. The smallest absolute Gasteiger partial charge is 0.0349 e. The number of likely N-dealkylation sites (tertiary alicyclic amines) is 1. The van der Waals surface area contributed by atoms with E-state index < -0.39 is 0 Å². The van der Waals surface area contributed by atoms with Crippen molar-refractivity contribution >= 4 is 24.0 Å². The van der Waals surface area contributed by atoms with Crippen molar-refractivity contribution in [3.05, 3.63) is 0 Å². The molecular formula is C6H15IN2. The highest BCUT2D eigenvalue weighted by Gasteiger charge is 2.40. The summed E-state index contributed by atoms with van der Waals surface area (Å²) in [7, 11) is 2.10. The molecule has 2 nitrogen and oxygen atoms in total. The molecule has 0 bridgehead atoms. The zero-order valence-electron chi connectivity index (χ0n) is 6.22. The van der Waals surface area contributed by atoms with Crippen molar-refractivity contribution in [2.75, 3.05) is 13.6 Å². The summed E-state index contributed by atoms with van der Waals surface area (Å²) in [5.74, 6) is 0. The maximum Gasteiger partial charge on any atom is 0.0349 e. The minimum Gasteiger partial charge on any atom is -0.325 e. The Morgan fingerprint density at radius 2 is 2.00 bits per heavy atom. The van der Waals surface area contributed by atoms with Crippen LogP contribution >= 0.6 is 24.0 Å². The van der Waals surface area contributed by atoms with Gasteiger partial charge in [0.15, 0.2) is 0 Å². The van der Waals surface area contributed by atoms with Crippen molar-refractivity contribution in [1.82, 2.24) is 4.90 Å². The van der Waals surface area contributed by atoms with Crippen molar-refractivity contribution in [3.63, 3.8) is 0 Å². The summed E-state index contributed by atoms with van der Waals surface area (Å²) in [6.45, 7) is 5.38. The van der Waals surface area contributed by atoms with E-state index in [1.807, 2.05) is 0 Å². The zero-order chi connectivity index (χ0) is 6.36. The second kappa shape index (κ2) is 2.72. The fourth-order valence-corrected chi connectivity index (χ4v) is 0.924. The van der Waals surface area contributed by atoms with Crippen LogP contribution in [-0.2, 0) is 0 Å². The molecule has 56 valence electrons. The van der Waals surface area contributed by atoms with Crippen LogP contribution in [0.25, 0.3) is 0 Å². The number of hydrogen-bond donors (Lipinski definition) is 1. The number of hydrogen-bond acceptors (Lipinski definition) is 2. The second-order valence-electron chi connectivity index (χ2n) is 3.14. The topological polar surface area (TPSA) is 29.3 Å². The van der Waals surface area contributed by atoms with Crippen molar-refractivity contribution in [2.45, 2.75) is 25.4 Å². The Morgan fingerprint density at radius 1 is 1.56 bits per heavy atom. The van der Waals surface area contributed by atoms with E-state index in [1.165, 1.54) is 0 Å². The number of halogens is 1. The standard InChI is InChI=1S/C6H14N2.HI/c1-6(2)5(7)4-8(6)3;/h5H,4,7H2,1-3H3;1H. The third-order valence-electron chi connectivity index (χ3n) is 2.36. The lowest BCUT2D eigenvalue weighted by Gasteiger charge is -2.51. The van der Waals surface area contributed by atoms with Crippen LogP contribution in [0.5, 0.6) is 0 Å². The molecule has 1 aliphatic rings. The van der Waals surface area contributed by atoms with Gasteiger partial charge in [0, 0.05) is 18.1 Å². The van der Waals surface area contributed by atoms with Gasteiger partial charge >= 0.3 is 0 Å². The van der Waals surface area contributed by atoms with E-state index in [2.05, 4.69) is 25.8 Å². The van der Waals surface area contributed by atoms with Crippen LogP contribution in [0.3, 0.4) is 0 Å². The summed E-state index contributed by atoms with van der Waals surface area (Å²) in [5, 5.41) is 0. The molecule has 1 fully saturated rings. The highest BCUT2D eigenvalue weighted by atomic mass is 127. The molecule has 1 rings (SSSR count). The van der Waals surface area contributed by atoms with Gasteiger partial charge in [-0.25, -0.2) is 0 Å². The van der Waals surface area contributed by atoms with E-state index in [0.29, 0.717) is 6.04 Å². The van der Waals surface area contributed by atoms with E-state index >= 15 is 0 Å². The van der Waals surface area contributed by atoms with Gasteiger partial charge in [0.25, 0.3) is 0 Å². The number of rotatable bonds is 0. The molecule has 0 aliphatic carbocycles. The Kier molecular flexibility index (Phi) is 2.91. The fraction of sp³-hybridized carbons (Fsp3) is 1.00. The average Bonchev–Trinajstić information content (AvgIpc) is 1.68. The van der Waals surface area contributed by atoms with E-state index in [0.717, 1.165) is 6.54 Å². The second-order valence-corrected chi connectivity index (χ2v) is 3.14. The Hall–Kier alpha value is 0.650. The molecule has 1 heterocycles. The molecule has 3 heteroatoms. The predicted molar refractivity (Wildman–Crippen MR) is 50.1 cm³/mol. The largest absolute Gasteiger partial charge is 0.325 e. The van der Waals surface area contributed by atoms with Gasteiger partial charge in [0.2, 0.25) is 0 Å². The van der Waals surface area contributed by atoms with E-state index in [4.69, 9.17) is 5.73 Å². The molecule has 1 atom stereocenters. The zero-order valence-corrected chi connectivity index (χ0v) is 8.55. The number of nitrogens with two attached hydrogens (primary N) is 1. The summed E-state index contributed by atoms with van der Waals surface area (Å²) >= 11 is 0. The molecule has 2 N–H and O–H groups in total. The van der Waals surface area contributed by atoms with E-state index in [1.54, 1.807) is 0 Å². The van der Waals surface area contributed by atoms with E-state index in [9.17, 15) is 0 Å². The van der Waals surface area contributed by atoms with Crippen LogP contribution in [0.4, 0.5) is 0 Å². The molecule has 0 aromatic carbocycles. The third-order valence-corrected chi connectivity index (χ3v) is 2.36. The number of likely N-dealkylation sites (N-methyl/N-ethyl adjacent to an activating group) is 1. The normalized spacial score (nSPS) is 32.7. The summed E-state index contributed by atoms with van der Waals surface area (Å²) in [6.07, 6.45) is 0. The van der Waals surface area contributed by atoms with Gasteiger partial charge in [0.05, 0.1) is 0 Å². The first-order valence-electron chi connectivity index (χ1n) is 3.02. The van der Waals surface area contributed by atoms with Gasteiger partial charge in [-0.3, -0.25) is 4.90 Å². The maximum atomic E-state index is 5.70. The minimum absolute atomic E-state index is 0. The molecule has 1 unspecified atom stereocenters. The minimum atomic E-state index is 0.